The highest BCUT2D eigenvalue weighted by Gasteiger charge is 2.23. The zero-order valence-corrected chi connectivity index (χ0v) is 21.5. The number of aryl methyl sites for hydroxylation is 2. The summed E-state index contributed by atoms with van der Waals surface area (Å²) in [7, 11) is 1.82. The number of carbonyl (C=O) groups excluding carboxylic acids is 3. The standard InChI is InChI=1S/C30H31N4O4/c1-21-11-6-7-13-23(21)20-38-30(37)31-18-10-16-25(28(35)32-24-14-4-3-5-15-24)33-29(36)27-19-22-12-8-9-17-26(22)34(27)2/h3-9,11-14,17,19,25H,10,16,18,20H2,1-2H3,(H,31,37)(H,32,35)(H,33,36)/t25-/m0/s1. The number of anilines is 1. The number of aromatic nitrogens is 1. The van der Waals surface area contributed by atoms with Crippen molar-refractivity contribution in [2.45, 2.75) is 32.4 Å². The fraction of sp³-hybridized carbons (Fsp3) is 0.233. The summed E-state index contributed by atoms with van der Waals surface area (Å²) in [4.78, 5) is 38.4. The highest BCUT2D eigenvalue weighted by Crippen LogP contribution is 2.18. The van der Waals surface area contributed by atoms with Gasteiger partial charge in [0.05, 0.1) is 0 Å². The molecule has 0 unspecified atom stereocenters. The van der Waals surface area contributed by atoms with E-state index in [2.05, 4.69) is 22.0 Å². The second-order valence-electron chi connectivity index (χ2n) is 9.01. The second kappa shape index (κ2) is 12.6. The number of nitrogens with one attached hydrogen (secondary N) is 3. The summed E-state index contributed by atoms with van der Waals surface area (Å²) in [5.74, 6) is -0.715. The molecule has 38 heavy (non-hydrogen) atoms. The van der Waals surface area contributed by atoms with Crippen LogP contribution in [0, 0.1) is 13.0 Å². The van der Waals surface area contributed by atoms with Crippen molar-refractivity contribution in [3.05, 3.63) is 102 Å². The van der Waals surface area contributed by atoms with Crippen LogP contribution in [0.3, 0.4) is 0 Å². The quantitative estimate of drug-likeness (QED) is 0.268. The fourth-order valence-electron chi connectivity index (χ4n) is 4.16. The molecule has 3 aromatic carbocycles. The lowest BCUT2D eigenvalue weighted by Gasteiger charge is -2.19. The van der Waals surface area contributed by atoms with Crippen LogP contribution in [-0.4, -0.2) is 35.1 Å². The molecule has 3 amide bonds. The maximum atomic E-state index is 13.2. The molecule has 0 aliphatic heterocycles. The smallest absolute Gasteiger partial charge is 0.407 e. The van der Waals surface area contributed by atoms with E-state index in [-0.39, 0.29) is 25.0 Å². The van der Waals surface area contributed by atoms with Gasteiger partial charge >= 0.3 is 6.09 Å². The first-order chi connectivity index (χ1) is 18.4. The number of hydrogen-bond donors (Lipinski definition) is 3. The topological polar surface area (TPSA) is 101 Å². The summed E-state index contributed by atoms with van der Waals surface area (Å²) in [6.45, 7) is 2.43. The van der Waals surface area contributed by atoms with Gasteiger partial charge in [0.15, 0.2) is 0 Å². The van der Waals surface area contributed by atoms with E-state index in [0.29, 0.717) is 24.2 Å². The molecule has 0 saturated carbocycles. The van der Waals surface area contributed by atoms with Crippen molar-refractivity contribution in [2.75, 3.05) is 11.9 Å². The fourth-order valence-corrected chi connectivity index (χ4v) is 4.16. The minimum Gasteiger partial charge on any atom is -0.445 e. The van der Waals surface area contributed by atoms with Crippen LogP contribution in [0.25, 0.3) is 10.9 Å². The Morgan fingerprint density at radius 2 is 1.76 bits per heavy atom. The number of amides is 3. The molecule has 4 aromatic rings. The van der Waals surface area contributed by atoms with Gasteiger partial charge < -0.3 is 25.3 Å². The van der Waals surface area contributed by atoms with Crippen LogP contribution in [0.1, 0.15) is 34.5 Å². The number of ether oxygens (including phenoxy) is 1. The van der Waals surface area contributed by atoms with Gasteiger partial charge in [-0.25, -0.2) is 4.79 Å². The van der Waals surface area contributed by atoms with Crippen molar-refractivity contribution in [2.24, 2.45) is 7.05 Å². The van der Waals surface area contributed by atoms with Crippen molar-refractivity contribution in [1.82, 2.24) is 15.2 Å². The van der Waals surface area contributed by atoms with Crippen LogP contribution in [0.4, 0.5) is 10.5 Å². The lowest BCUT2D eigenvalue weighted by Crippen LogP contribution is -2.44. The molecule has 0 bridgehead atoms. The molecule has 8 nitrogen and oxygen atoms in total. The summed E-state index contributed by atoms with van der Waals surface area (Å²) >= 11 is 0. The lowest BCUT2D eigenvalue weighted by molar-refractivity contribution is -0.118. The molecule has 8 heteroatoms. The van der Waals surface area contributed by atoms with E-state index in [1.54, 1.807) is 34.9 Å². The van der Waals surface area contributed by atoms with Crippen molar-refractivity contribution in [3.8, 4) is 0 Å². The SMILES string of the molecule is Cc1ccccc1COC(=O)NCCC[C@H](NC(=O)c1cc2ccccc2n1C)C(=O)Nc1[c]cccc1. The zero-order valence-electron chi connectivity index (χ0n) is 21.5. The van der Waals surface area contributed by atoms with Gasteiger partial charge in [-0.2, -0.15) is 0 Å². The third kappa shape index (κ3) is 6.79. The highest BCUT2D eigenvalue weighted by atomic mass is 16.5. The molecule has 0 aliphatic rings. The van der Waals surface area contributed by atoms with Crippen LogP contribution in [0.5, 0.6) is 0 Å². The molecular formula is C30H31N4O4. The van der Waals surface area contributed by atoms with Gasteiger partial charge in [0.1, 0.15) is 18.3 Å². The third-order valence-electron chi connectivity index (χ3n) is 6.33. The third-order valence-corrected chi connectivity index (χ3v) is 6.33. The Labute approximate surface area is 222 Å². The lowest BCUT2D eigenvalue weighted by atomic mass is 10.1. The maximum Gasteiger partial charge on any atom is 0.407 e. The number of hydrogen-bond acceptors (Lipinski definition) is 4. The molecular weight excluding hydrogens is 480 g/mol. The number of carbonyl (C=O) groups is 3. The van der Waals surface area contributed by atoms with Crippen LogP contribution in [0.15, 0.2) is 78.9 Å². The van der Waals surface area contributed by atoms with Gasteiger partial charge in [0.25, 0.3) is 5.91 Å². The molecule has 195 valence electrons. The largest absolute Gasteiger partial charge is 0.445 e. The van der Waals surface area contributed by atoms with Crippen molar-refractivity contribution < 1.29 is 19.1 Å². The number of fused-ring (bicyclic) bond motifs is 1. The van der Waals surface area contributed by atoms with Crippen LogP contribution in [-0.2, 0) is 23.2 Å². The van der Waals surface area contributed by atoms with E-state index in [1.165, 1.54) is 0 Å². The highest BCUT2D eigenvalue weighted by molar-refractivity contribution is 6.02. The van der Waals surface area contributed by atoms with Gasteiger partial charge in [-0.05, 0) is 49.1 Å². The number of alkyl carbamates (subject to hydrolysis) is 1. The van der Waals surface area contributed by atoms with Crippen molar-refractivity contribution >= 4 is 34.5 Å². The van der Waals surface area contributed by atoms with Crippen molar-refractivity contribution in [1.29, 1.82) is 0 Å². The normalized spacial score (nSPS) is 11.5. The Morgan fingerprint density at radius 1 is 1.00 bits per heavy atom. The van der Waals surface area contributed by atoms with E-state index in [1.807, 2.05) is 62.5 Å². The summed E-state index contributed by atoms with van der Waals surface area (Å²) in [6, 6.07) is 26.4. The van der Waals surface area contributed by atoms with Gasteiger partial charge in [-0.1, -0.05) is 60.7 Å². The molecule has 1 atom stereocenters. The van der Waals surface area contributed by atoms with Crippen LogP contribution >= 0.6 is 0 Å². The molecule has 0 fully saturated rings. The maximum absolute atomic E-state index is 13.2. The van der Waals surface area contributed by atoms with E-state index in [9.17, 15) is 14.4 Å². The first kappa shape index (κ1) is 26.5. The summed E-state index contributed by atoms with van der Waals surface area (Å²) < 4.78 is 7.10. The zero-order chi connectivity index (χ0) is 26.9. The summed E-state index contributed by atoms with van der Waals surface area (Å²) in [6.07, 6.45) is 0.227. The van der Waals surface area contributed by atoms with E-state index in [0.717, 1.165) is 22.0 Å². The number of nitrogens with zero attached hydrogens (tertiary/aromatic N) is 1. The Morgan fingerprint density at radius 3 is 2.53 bits per heavy atom. The van der Waals surface area contributed by atoms with Gasteiger partial charge in [0, 0.05) is 36.2 Å². The van der Waals surface area contributed by atoms with Gasteiger partial charge in [-0.3, -0.25) is 9.59 Å². The molecule has 1 heterocycles. The minimum atomic E-state index is -0.820. The molecule has 4 rings (SSSR count). The molecule has 1 radical (unpaired) electrons. The van der Waals surface area contributed by atoms with E-state index < -0.39 is 12.1 Å². The average Bonchev–Trinajstić information content (AvgIpc) is 3.27. The summed E-state index contributed by atoms with van der Waals surface area (Å²) in [5.41, 5.74) is 3.87. The molecule has 0 aliphatic carbocycles. The first-order valence-electron chi connectivity index (χ1n) is 12.5. The van der Waals surface area contributed by atoms with Gasteiger partial charge in [0.2, 0.25) is 5.91 Å². The molecule has 1 aromatic heterocycles. The first-order valence-corrected chi connectivity index (χ1v) is 12.5. The molecule has 3 N–H and O–H groups in total. The van der Waals surface area contributed by atoms with E-state index in [4.69, 9.17) is 4.74 Å². The molecule has 0 saturated heterocycles. The second-order valence-corrected chi connectivity index (χ2v) is 9.01. The van der Waals surface area contributed by atoms with Crippen LogP contribution < -0.4 is 16.0 Å². The Hall–Kier alpha value is -4.59. The Bertz CT molecular complexity index is 1410. The Kier molecular flexibility index (Phi) is 8.77. The predicted octanol–water partition coefficient (Wildman–Crippen LogP) is 4.73. The van der Waals surface area contributed by atoms with Gasteiger partial charge in [-0.15, -0.1) is 0 Å². The summed E-state index contributed by atoms with van der Waals surface area (Å²) in [5, 5.41) is 9.32. The van der Waals surface area contributed by atoms with E-state index >= 15 is 0 Å². The molecule has 0 spiro atoms. The Balaban J connectivity index is 1.35. The number of para-hydroxylation sites is 2. The minimum absolute atomic E-state index is 0.179. The monoisotopic (exact) mass is 511 g/mol. The van der Waals surface area contributed by atoms with Crippen molar-refractivity contribution in [3.63, 3.8) is 0 Å². The van der Waals surface area contributed by atoms with Crippen LogP contribution in [0.2, 0.25) is 0 Å². The number of benzene rings is 3. The number of rotatable bonds is 10. The average molecular weight is 512 g/mol. The predicted molar refractivity (Wildman–Crippen MR) is 147 cm³/mol.